The quantitative estimate of drug-likeness (QED) is 0.820. The van der Waals surface area contributed by atoms with Crippen LogP contribution in [0.15, 0.2) is 22.0 Å². The molecular weight excluding hydrogens is 248 g/mol. The first-order valence-electron chi connectivity index (χ1n) is 4.11. The third-order valence-electron chi connectivity index (χ3n) is 2.12. The molecular formula is C10H9BrOS. The van der Waals surface area contributed by atoms with Gasteiger partial charge in [-0.15, -0.1) is 11.3 Å². The Kier molecular flexibility index (Phi) is 2.30. The lowest BCUT2D eigenvalue weighted by Gasteiger charge is -2.01. The van der Waals surface area contributed by atoms with Gasteiger partial charge in [-0.1, -0.05) is 13.0 Å². The molecule has 0 saturated carbocycles. The summed E-state index contributed by atoms with van der Waals surface area (Å²) >= 11 is 5.05. The van der Waals surface area contributed by atoms with Crippen LogP contribution in [0.2, 0.25) is 0 Å². The lowest BCUT2D eigenvalue weighted by molar-refractivity contribution is 0.483. The molecule has 0 aliphatic rings. The molecule has 13 heavy (non-hydrogen) atoms. The highest BCUT2D eigenvalue weighted by Gasteiger charge is 2.09. The number of hydrogen-bond donors (Lipinski definition) is 1. The van der Waals surface area contributed by atoms with Gasteiger partial charge in [0, 0.05) is 15.2 Å². The van der Waals surface area contributed by atoms with E-state index in [9.17, 15) is 5.11 Å². The fraction of sp³-hybridized carbons (Fsp3) is 0.200. The zero-order valence-corrected chi connectivity index (χ0v) is 9.58. The van der Waals surface area contributed by atoms with Crippen molar-refractivity contribution in [3.05, 3.63) is 27.5 Å². The van der Waals surface area contributed by atoms with E-state index in [1.807, 2.05) is 6.07 Å². The molecule has 0 aliphatic heterocycles. The van der Waals surface area contributed by atoms with Crippen LogP contribution < -0.4 is 0 Å². The summed E-state index contributed by atoms with van der Waals surface area (Å²) < 4.78 is 2.20. The number of hydrogen-bond acceptors (Lipinski definition) is 2. The molecule has 2 rings (SSSR count). The first-order chi connectivity index (χ1) is 6.24. The van der Waals surface area contributed by atoms with Gasteiger partial charge < -0.3 is 5.11 Å². The van der Waals surface area contributed by atoms with E-state index < -0.39 is 0 Å². The highest BCUT2D eigenvalue weighted by Crippen LogP contribution is 2.38. The number of aryl methyl sites for hydroxylation is 1. The molecule has 0 spiro atoms. The predicted octanol–water partition coefficient (Wildman–Crippen LogP) is 3.93. The van der Waals surface area contributed by atoms with Crippen molar-refractivity contribution in [2.45, 2.75) is 13.3 Å². The Hall–Kier alpha value is -0.540. The van der Waals surface area contributed by atoms with Gasteiger partial charge in [0.25, 0.3) is 0 Å². The van der Waals surface area contributed by atoms with Crippen molar-refractivity contribution in [3.8, 4) is 5.75 Å². The average Bonchev–Trinajstić information content (AvgIpc) is 2.51. The summed E-state index contributed by atoms with van der Waals surface area (Å²) in [5.41, 5.74) is 1.21. The van der Waals surface area contributed by atoms with E-state index in [4.69, 9.17) is 0 Å². The van der Waals surface area contributed by atoms with Gasteiger partial charge in [0.15, 0.2) is 0 Å². The molecule has 2 aromatic rings. The van der Waals surface area contributed by atoms with Crippen molar-refractivity contribution in [2.75, 3.05) is 0 Å². The Morgan fingerprint density at radius 1 is 1.46 bits per heavy atom. The Labute approximate surface area is 89.1 Å². The molecule has 1 aromatic heterocycles. The van der Waals surface area contributed by atoms with Gasteiger partial charge in [0.1, 0.15) is 5.75 Å². The van der Waals surface area contributed by atoms with Crippen molar-refractivity contribution < 1.29 is 5.11 Å². The minimum atomic E-state index is 0.401. The minimum absolute atomic E-state index is 0.401. The van der Waals surface area contributed by atoms with E-state index in [1.165, 1.54) is 5.56 Å². The molecule has 1 heterocycles. The number of fused-ring (bicyclic) bond motifs is 1. The van der Waals surface area contributed by atoms with Crippen LogP contribution in [0.3, 0.4) is 0 Å². The summed E-state index contributed by atoms with van der Waals surface area (Å²) in [6.07, 6.45) is 0.952. The van der Waals surface area contributed by atoms with Gasteiger partial charge in [-0.25, -0.2) is 0 Å². The monoisotopic (exact) mass is 256 g/mol. The molecule has 0 bridgehead atoms. The predicted molar refractivity (Wildman–Crippen MR) is 60.6 cm³/mol. The maximum Gasteiger partial charge on any atom is 0.134 e. The van der Waals surface area contributed by atoms with E-state index in [2.05, 4.69) is 28.9 Å². The van der Waals surface area contributed by atoms with Crippen LogP contribution in [-0.4, -0.2) is 5.11 Å². The lowest BCUT2D eigenvalue weighted by Crippen LogP contribution is -1.80. The number of thiophene rings is 1. The molecule has 0 aliphatic carbocycles. The van der Waals surface area contributed by atoms with Gasteiger partial charge in [-0.2, -0.15) is 0 Å². The van der Waals surface area contributed by atoms with Crippen molar-refractivity contribution in [3.63, 3.8) is 0 Å². The van der Waals surface area contributed by atoms with E-state index in [0.717, 1.165) is 21.0 Å². The summed E-state index contributed by atoms with van der Waals surface area (Å²) in [7, 11) is 0. The first-order valence-corrected chi connectivity index (χ1v) is 5.79. The van der Waals surface area contributed by atoms with Crippen LogP contribution >= 0.6 is 27.3 Å². The smallest absolute Gasteiger partial charge is 0.134 e. The summed E-state index contributed by atoms with van der Waals surface area (Å²) in [6, 6.07) is 4.09. The third-order valence-corrected chi connectivity index (χ3v) is 4.05. The SMILES string of the molecule is CCc1ccc(Br)c2scc(O)c12. The Bertz CT molecular complexity index is 447. The van der Waals surface area contributed by atoms with Gasteiger partial charge in [-0.05, 0) is 34.0 Å². The molecule has 1 nitrogen and oxygen atoms in total. The zero-order valence-electron chi connectivity index (χ0n) is 7.17. The maximum absolute atomic E-state index is 9.64. The highest BCUT2D eigenvalue weighted by atomic mass is 79.9. The Balaban J connectivity index is 2.88. The Morgan fingerprint density at radius 3 is 2.92 bits per heavy atom. The molecule has 0 unspecified atom stereocenters. The van der Waals surface area contributed by atoms with Crippen LogP contribution in [0.1, 0.15) is 12.5 Å². The van der Waals surface area contributed by atoms with Crippen LogP contribution in [0.5, 0.6) is 5.75 Å². The molecule has 1 aromatic carbocycles. The minimum Gasteiger partial charge on any atom is -0.506 e. The van der Waals surface area contributed by atoms with Crippen LogP contribution in [0, 0.1) is 0 Å². The normalized spacial score (nSPS) is 10.9. The summed E-state index contributed by atoms with van der Waals surface area (Å²) in [5.74, 6) is 0.401. The summed E-state index contributed by atoms with van der Waals surface area (Å²) in [5, 5.41) is 12.4. The Morgan fingerprint density at radius 2 is 2.23 bits per heavy atom. The number of halogens is 1. The molecule has 0 fully saturated rings. The molecule has 0 saturated heterocycles. The number of aromatic hydroxyl groups is 1. The molecule has 0 atom stereocenters. The number of benzene rings is 1. The van der Waals surface area contributed by atoms with E-state index >= 15 is 0 Å². The summed E-state index contributed by atoms with van der Waals surface area (Å²) in [6.45, 7) is 2.10. The summed E-state index contributed by atoms with van der Waals surface area (Å²) in [4.78, 5) is 0. The molecule has 1 N–H and O–H groups in total. The molecule has 68 valence electrons. The van der Waals surface area contributed by atoms with Crippen molar-refractivity contribution in [1.82, 2.24) is 0 Å². The van der Waals surface area contributed by atoms with Crippen LogP contribution in [0.25, 0.3) is 10.1 Å². The van der Waals surface area contributed by atoms with Gasteiger partial charge in [0.2, 0.25) is 0 Å². The zero-order chi connectivity index (χ0) is 9.42. The van der Waals surface area contributed by atoms with Gasteiger partial charge in [-0.3, -0.25) is 0 Å². The second-order valence-corrected chi connectivity index (χ2v) is 4.62. The largest absolute Gasteiger partial charge is 0.506 e. The highest BCUT2D eigenvalue weighted by molar-refractivity contribution is 9.10. The fourth-order valence-electron chi connectivity index (χ4n) is 1.46. The second kappa shape index (κ2) is 3.31. The third kappa shape index (κ3) is 1.36. The topological polar surface area (TPSA) is 20.2 Å². The van der Waals surface area contributed by atoms with Crippen molar-refractivity contribution >= 4 is 37.4 Å². The lowest BCUT2D eigenvalue weighted by atomic mass is 10.1. The maximum atomic E-state index is 9.64. The average molecular weight is 257 g/mol. The van der Waals surface area contributed by atoms with Gasteiger partial charge in [0.05, 0.1) is 4.70 Å². The molecule has 3 heteroatoms. The van der Waals surface area contributed by atoms with E-state index in [0.29, 0.717) is 5.75 Å². The standard InChI is InChI=1S/C10H9BrOS/c1-2-6-3-4-7(11)10-9(6)8(12)5-13-10/h3-5,12H,2H2,1H3. The molecule has 0 amide bonds. The number of rotatable bonds is 1. The van der Waals surface area contributed by atoms with Gasteiger partial charge >= 0.3 is 0 Å². The van der Waals surface area contributed by atoms with Crippen LogP contribution in [0.4, 0.5) is 0 Å². The fourth-order valence-corrected chi connectivity index (χ4v) is 2.95. The first kappa shape index (κ1) is 9.03. The van der Waals surface area contributed by atoms with Crippen molar-refractivity contribution in [1.29, 1.82) is 0 Å². The second-order valence-electron chi connectivity index (χ2n) is 2.89. The van der Waals surface area contributed by atoms with Crippen molar-refractivity contribution in [2.24, 2.45) is 0 Å². The van der Waals surface area contributed by atoms with E-state index in [-0.39, 0.29) is 0 Å². The molecule has 0 radical (unpaired) electrons. The van der Waals surface area contributed by atoms with E-state index in [1.54, 1.807) is 16.7 Å². The van der Waals surface area contributed by atoms with Crippen LogP contribution in [-0.2, 0) is 6.42 Å².